The van der Waals surface area contributed by atoms with Gasteiger partial charge in [0.05, 0.1) is 33.4 Å². The van der Waals surface area contributed by atoms with E-state index >= 15 is 0 Å². The van der Waals surface area contributed by atoms with Gasteiger partial charge in [0.15, 0.2) is 0 Å². The summed E-state index contributed by atoms with van der Waals surface area (Å²) in [6.07, 6.45) is 0. The zero-order valence-electron chi connectivity index (χ0n) is 10.8. The Morgan fingerprint density at radius 2 is 2.05 bits per heavy atom. The molecule has 0 amide bonds. The van der Waals surface area contributed by atoms with Crippen LogP contribution in [0.5, 0.6) is 0 Å². The van der Waals surface area contributed by atoms with E-state index in [1.807, 2.05) is 25.1 Å². The summed E-state index contributed by atoms with van der Waals surface area (Å²) in [6.45, 7) is 1.97. The van der Waals surface area contributed by atoms with Gasteiger partial charge >= 0.3 is 0 Å². The number of halogens is 1. The summed E-state index contributed by atoms with van der Waals surface area (Å²) in [7, 11) is 0. The summed E-state index contributed by atoms with van der Waals surface area (Å²) in [5.41, 5.74) is 9.88. The zero-order chi connectivity index (χ0) is 14.3. The lowest BCUT2D eigenvalue weighted by Crippen LogP contribution is -2.01. The highest BCUT2D eigenvalue weighted by molar-refractivity contribution is 6.32. The van der Waals surface area contributed by atoms with Crippen LogP contribution in [-0.4, -0.2) is 9.55 Å². The minimum Gasteiger partial charge on any atom is -0.369 e. The second-order valence-electron chi connectivity index (χ2n) is 4.58. The van der Waals surface area contributed by atoms with Crippen molar-refractivity contribution in [1.82, 2.24) is 9.55 Å². The van der Waals surface area contributed by atoms with Crippen molar-refractivity contribution in [2.75, 3.05) is 5.73 Å². The summed E-state index contributed by atoms with van der Waals surface area (Å²) >= 11 is 6.30. The fourth-order valence-electron chi connectivity index (χ4n) is 2.21. The van der Waals surface area contributed by atoms with Gasteiger partial charge in [0, 0.05) is 0 Å². The van der Waals surface area contributed by atoms with E-state index in [4.69, 9.17) is 22.6 Å². The van der Waals surface area contributed by atoms with E-state index in [0.29, 0.717) is 16.5 Å². The first kappa shape index (κ1) is 12.5. The average Bonchev–Trinajstić information content (AvgIpc) is 2.74. The van der Waals surface area contributed by atoms with Gasteiger partial charge in [-0.3, -0.25) is 4.57 Å². The van der Waals surface area contributed by atoms with Crippen LogP contribution in [0.4, 0.5) is 5.95 Å². The second kappa shape index (κ2) is 4.55. The van der Waals surface area contributed by atoms with Gasteiger partial charge in [-0.25, -0.2) is 4.98 Å². The predicted molar refractivity (Wildman–Crippen MR) is 79.9 cm³/mol. The minimum atomic E-state index is 0.348. The van der Waals surface area contributed by atoms with Crippen molar-refractivity contribution >= 4 is 28.6 Å². The van der Waals surface area contributed by atoms with E-state index in [1.54, 1.807) is 22.8 Å². The Kier molecular flexibility index (Phi) is 2.85. The van der Waals surface area contributed by atoms with Crippen LogP contribution >= 0.6 is 11.6 Å². The predicted octanol–water partition coefficient (Wildman–Crippen LogP) is 3.44. The third-order valence-corrected chi connectivity index (χ3v) is 3.46. The van der Waals surface area contributed by atoms with Gasteiger partial charge in [-0.2, -0.15) is 5.26 Å². The maximum atomic E-state index is 9.02. The summed E-state index contributed by atoms with van der Waals surface area (Å²) in [4.78, 5) is 4.30. The fraction of sp³-hybridized carbons (Fsp3) is 0.0667. The lowest BCUT2D eigenvalue weighted by molar-refractivity contribution is 1.11. The van der Waals surface area contributed by atoms with Gasteiger partial charge in [-0.1, -0.05) is 17.7 Å². The van der Waals surface area contributed by atoms with E-state index in [0.717, 1.165) is 22.3 Å². The summed E-state index contributed by atoms with van der Waals surface area (Å²) in [5.74, 6) is 0.348. The van der Waals surface area contributed by atoms with E-state index in [-0.39, 0.29) is 0 Å². The highest BCUT2D eigenvalue weighted by atomic mass is 35.5. The maximum Gasteiger partial charge on any atom is 0.205 e. The molecule has 0 aliphatic carbocycles. The Balaban J connectivity index is 2.35. The number of imidazole rings is 1. The molecular formula is C15H11ClN4. The first-order valence-electron chi connectivity index (χ1n) is 6.05. The smallest absolute Gasteiger partial charge is 0.205 e. The molecule has 0 atom stereocenters. The Labute approximate surface area is 121 Å². The normalized spacial score (nSPS) is 10.7. The molecule has 0 saturated carbocycles. The molecule has 0 aliphatic rings. The summed E-state index contributed by atoms with van der Waals surface area (Å²) < 4.78 is 1.76. The number of nitrogens with zero attached hydrogens (tertiary/aromatic N) is 3. The molecule has 98 valence electrons. The van der Waals surface area contributed by atoms with Crippen LogP contribution < -0.4 is 5.73 Å². The molecule has 1 aromatic heterocycles. The van der Waals surface area contributed by atoms with Crippen LogP contribution in [0.25, 0.3) is 16.7 Å². The van der Waals surface area contributed by atoms with E-state index in [2.05, 4.69) is 11.1 Å². The molecule has 1 heterocycles. The molecule has 4 nitrogen and oxygen atoms in total. The molecular weight excluding hydrogens is 272 g/mol. The lowest BCUT2D eigenvalue weighted by atomic mass is 10.2. The zero-order valence-corrected chi connectivity index (χ0v) is 11.5. The van der Waals surface area contributed by atoms with Gasteiger partial charge in [0.2, 0.25) is 5.95 Å². The van der Waals surface area contributed by atoms with E-state index < -0.39 is 0 Å². The summed E-state index contributed by atoms with van der Waals surface area (Å²) in [6, 6.07) is 13.1. The number of benzene rings is 2. The number of fused-ring (bicyclic) bond motifs is 1. The standard InChI is InChI=1S/C15H11ClN4/c1-9-2-5-13(11(16)6-9)20-14-7-10(8-17)3-4-12(14)19-15(20)18/h2-7H,1H3,(H2,18,19). The van der Waals surface area contributed by atoms with Gasteiger partial charge in [-0.05, 0) is 42.8 Å². The SMILES string of the molecule is Cc1ccc(-n2c(N)nc3ccc(C#N)cc32)c(Cl)c1. The highest BCUT2D eigenvalue weighted by Crippen LogP contribution is 2.29. The number of rotatable bonds is 1. The highest BCUT2D eigenvalue weighted by Gasteiger charge is 2.13. The maximum absolute atomic E-state index is 9.02. The largest absolute Gasteiger partial charge is 0.369 e. The molecule has 2 aromatic carbocycles. The van der Waals surface area contributed by atoms with Crippen molar-refractivity contribution in [3.8, 4) is 11.8 Å². The molecule has 0 aliphatic heterocycles. The molecule has 3 rings (SSSR count). The first-order valence-corrected chi connectivity index (χ1v) is 6.42. The average molecular weight is 283 g/mol. The topological polar surface area (TPSA) is 67.6 Å². The van der Waals surface area contributed by atoms with E-state index in [9.17, 15) is 0 Å². The number of nitriles is 1. The molecule has 2 N–H and O–H groups in total. The number of aromatic nitrogens is 2. The quantitative estimate of drug-likeness (QED) is 0.743. The molecule has 3 aromatic rings. The lowest BCUT2D eigenvalue weighted by Gasteiger charge is -2.09. The Morgan fingerprint density at radius 1 is 1.25 bits per heavy atom. The van der Waals surface area contributed by atoms with Crippen molar-refractivity contribution in [3.05, 3.63) is 52.5 Å². The molecule has 0 saturated heterocycles. The van der Waals surface area contributed by atoms with Crippen LogP contribution in [0.1, 0.15) is 11.1 Å². The summed E-state index contributed by atoms with van der Waals surface area (Å²) in [5, 5.41) is 9.62. The number of nitrogens with two attached hydrogens (primary N) is 1. The number of aryl methyl sites for hydroxylation is 1. The van der Waals surface area contributed by atoms with Crippen molar-refractivity contribution < 1.29 is 0 Å². The van der Waals surface area contributed by atoms with Crippen molar-refractivity contribution in [1.29, 1.82) is 5.26 Å². The van der Waals surface area contributed by atoms with Crippen LogP contribution in [-0.2, 0) is 0 Å². The third kappa shape index (κ3) is 1.89. The van der Waals surface area contributed by atoms with Gasteiger partial charge in [0.1, 0.15) is 0 Å². The molecule has 0 spiro atoms. The molecule has 0 fully saturated rings. The van der Waals surface area contributed by atoms with Crippen LogP contribution in [0.3, 0.4) is 0 Å². The Morgan fingerprint density at radius 3 is 2.75 bits per heavy atom. The van der Waals surface area contributed by atoms with Crippen LogP contribution in [0.2, 0.25) is 5.02 Å². The van der Waals surface area contributed by atoms with Crippen LogP contribution in [0, 0.1) is 18.3 Å². The Hall–Kier alpha value is -2.51. The third-order valence-electron chi connectivity index (χ3n) is 3.15. The molecule has 5 heteroatoms. The minimum absolute atomic E-state index is 0.348. The monoisotopic (exact) mass is 282 g/mol. The van der Waals surface area contributed by atoms with Crippen LogP contribution in [0.15, 0.2) is 36.4 Å². The van der Waals surface area contributed by atoms with Gasteiger partial charge in [0.25, 0.3) is 0 Å². The number of nitrogen functional groups attached to an aromatic ring is 1. The number of anilines is 1. The van der Waals surface area contributed by atoms with Crippen molar-refractivity contribution in [2.45, 2.75) is 6.92 Å². The molecule has 0 radical (unpaired) electrons. The van der Waals surface area contributed by atoms with Crippen molar-refractivity contribution in [2.24, 2.45) is 0 Å². The molecule has 0 bridgehead atoms. The van der Waals surface area contributed by atoms with E-state index in [1.165, 1.54) is 0 Å². The Bertz CT molecular complexity index is 858. The van der Waals surface area contributed by atoms with Gasteiger partial charge < -0.3 is 5.73 Å². The second-order valence-corrected chi connectivity index (χ2v) is 4.98. The first-order chi connectivity index (χ1) is 9.60. The molecule has 20 heavy (non-hydrogen) atoms. The number of hydrogen-bond donors (Lipinski definition) is 1. The number of hydrogen-bond acceptors (Lipinski definition) is 3. The van der Waals surface area contributed by atoms with Crippen molar-refractivity contribution in [3.63, 3.8) is 0 Å². The fourth-order valence-corrected chi connectivity index (χ4v) is 2.53. The molecule has 0 unspecified atom stereocenters. The van der Waals surface area contributed by atoms with Gasteiger partial charge in [-0.15, -0.1) is 0 Å².